The number of nitrogens with zero attached hydrogens (tertiary/aromatic N) is 6. The Kier molecular flexibility index (Phi) is 6.81. The Hall–Kier alpha value is -3.52. The smallest absolute Gasteiger partial charge is 0.410 e. The fourth-order valence-corrected chi connectivity index (χ4v) is 2.83. The number of ether oxygens (including phenoxy) is 2. The Morgan fingerprint density at radius 1 is 1.32 bits per heavy atom. The first-order valence-electron chi connectivity index (χ1n) is 9.90. The van der Waals surface area contributed by atoms with Gasteiger partial charge in [0.2, 0.25) is 0 Å². The van der Waals surface area contributed by atoms with Crippen LogP contribution in [-0.2, 0) is 9.47 Å². The minimum absolute atomic E-state index is 0.186. The van der Waals surface area contributed by atoms with Crippen LogP contribution >= 0.6 is 0 Å². The van der Waals surface area contributed by atoms with Gasteiger partial charge in [-0.3, -0.25) is 0 Å². The molecular weight excluding hydrogens is 400 g/mol. The summed E-state index contributed by atoms with van der Waals surface area (Å²) in [7, 11) is 0. The SMILES string of the molecule is Cc1nnc(Nc2cnc(C#N)cn2)cc1NCC1CN(C(=O)OC(C)(C)C)CCO1. The zero-order chi connectivity index (χ0) is 22.4. The molecular formula is C20H26N8O3. The Bertz CT molecular complexity index is 952. The lowest BCUT2D eigenvalue weighted by Gasteiger charge is -2.34. The van der Waals surface area contributed by atoms with Gasteiger partial charge in [0.25, 0.3) is 0 Å². The average molecular weight is 426 g/mol. The van der Waals surface area contributed by atoms with E-state index in [2.05, 4.69) is 30.8 Å². The molecule has 164 valence electrons. The first kappa shape index (κ1) is 22.2. The van der Waals surface area contributed by atoms with E-state index in [1.54, 1.807) is 11.0 Å². The normalized spacial score (nSPS) is 16.4. The van der Waals surface area contributed by atoms with E-state index in [-0.39, 0.29) is 17.9 Å². The minimum atomic E-state index is -0.536. The van der Waals surface area contributed by atoms with E-state index in [1.165, 1.54) is 12.4 Å². The monoisotopic (exact) mass is 426 g/mol. The lowest BCUT2D eigenvalue weighted by molar-refractivity contribution is -0.0371. The fraction of sp³-hybridized carbons (Fsp3) is 0.500. The van der Waals surface area contributed by atoms with Crippen molar-refractivity contribution in [3.8, 4) is 6.07 Å². The molecule has 1 atom stereocenters. The number of nitrogens with one attached hydrogen (secondary N) is 2. The Morgan fingerprint density at radius 2 is 2.13 bits per heavy atom. The summed E-state index contributed by atoms with van der Waals surface area (Å²) in [5.41, 5.74) is 1.19. The van der Waals surface area contributed by atoms with Crippen molar-refractivity contribution in [3.05, 3.63) is 29.8 Å². The summed E-state index contributed by atoms with van der Waals surface area (Å²) in [5.74, 6) is 0.929. The van der Waals surface area contributed by atoms with Gasteiger partial charge in [0.15, 0.2) is 11.5 Å². The first-order chi connectivity index (χ1) is 14.7. The molecule has 3 heterocycles. The highest BCUT2D eigenvalue weighted by atomic mass is 16.6. The van der Waals surface area contributed by atoms with Crippen LogP contribution in [0.4, 0.5) is 22.1 Å². The van der Waals surface area contributed by atoms with Crippen LogP contribution in [0.25, 0.3) is 0 Å². The van der Waals surface area contributed by atoms with Crippen molar-refractivity contribution in [1.29, 1.82) is 5.26 Å². The van der Waals surface area contributed by atoms with E-state index in [0.717, 1.165) is 11.4 Å². The summed E-state index contributed by atoms with van der Waals surface area (Å²) in [5, 5.41) is 23.4. The number of nitriles is 1. The van der Waals surface area contributed by atoms with Crippen molar-refractivity contribution in [2.24, 2.45) is 0 Å². The number of carbonyl (C=O) groups excluding carboxylic acids is 1. The minimum Gasteiger partial charge on any atom is -0.444 e. The summed E-state index contributed by atoms with van der Waals surface area (Å²) >= 11 is 0. The summed E-state index contributed by atoms with van der Waals surface area (Å²) in [6.45, 7) is 9.25. The van der Waals surface area contributed by atoms with E-state index in [9.17, 15) is 4.79 Å². The van der Waals surface area contributed by atoms with E-state index in [4.69, 9.17) is 14.7 Å². The van der Waals surface area contributed by atoms with Crippen LogP contribution in [0.5, 0.6) is 0 Å². The van der Waals surface area contributed by atoms with Gasteiger partial charge in [-0.05, 0) is 27.7 Å². The van der Waals surface area contributed by atoms with Gasteiger partial charge in [-0.2, -0.15) is 10.4 Å². The van der Waals surface area contributed by atoms with E-state index in [1.807, 2.05) is 33.8 Å². The summed E-state index contributed by atoms with van der Waals surface area (Å²) in [6.07, 6.45) is 2.31. The second-order valence-electron chi connectivity index (χ2n) is 8.05. The zero-order valence-corrected chi connectivity index (χ0v) is 18.0. The van der Waals surface area contributed by atoms with Crippen molar-refractivity contribution in [2.75, 3.05) is 36.9 Å². The van der Waals surface area contributed by atoms with Crippen LogP contribution in [0.15, 0.2) is 18.5 Å². The van der Waals surface area contributed by atoms with Crippen LogP contribution in [0.2, 0.25) is 0 Å². The number of anilines is 3. The van der Waals surface area contributed by atoms with E-state index < -0.39 is 5.60 Å². The molecule has 31 heavy (non-hydrogen) atoms. The van der Waals surface area contributed by atoms with Crippen molar-refractivity contribution >= 4 is 23.4 Å². The first-order valence-corrected chi connectivity index (χ1v) is 9.90. The quantitative estimate of drug-likeness (QED) is 0.732. The van der Waals surface area contributed by atoms with Gasteiger partial charge < -0.3 is 25.0 Å². The Labute approximate surface area is 180 Å². The number of amides is 1. The molecule has 11 nitrogen and oxygen atoms in total. The van der Waals surface area contributed by atoms with E-state index >= 15 is 0 Å². The maximum atomic E-state index is 12.3. The summed E-state index contributed by atoms with van der Waals surface area (Å²) in [4.78, 5) is 22.1. The van der Waals surface area contributed by atoms with Gasteiger partial charge in [0.1, 0.15) is 17.5 Å². The van der Waals surface area contributed by atoms with Crippen LogP contribution in [-0.4, -0.2) is 69.1 Å². The lowest BCUT2D eigenvalue weighted by Crippen LogP contribution is -2.49. The highest BCUT2D eigenvalue weighted by Gasteiger charge is 2.28. The Morgan fingerprint density at radius 3 is 2.81 bits per heavy atom. The van der Waals surface area contributed by atoms with Gasteiger partial charge in [0.05, 0.1) is 43.0 Å². The fourth-order valence-electron chi connectivity index (χ4n) is 2.83. The molecule has 11 heteroatoms. The van der Waals surface area contributed by atoms with Gasteiger partial charge in [-0.1, -0.05) is 0 Å². The molecule has 2 N–H and O–H groups in total. The van der Waals surface area contributed by atoms with Crippen molar-refractivity contribution in [3.63, 3.8) is 0 Å². The molecule has 0 saturated carbocycles. The second-order valence-corrected chi connectivity index (χ2v) is 8.05. The number of hydrogen-bond donors (Lipinski definition) is 2. The number of aryl methyl sites for hydroxylation is 1. The highest BCUT2D eigenvalue weighted by Crippen LogP contribution is 2.19. The molecule has 1 amide bonds. The topological polar surface area (TPSA) is 138 Å². The van der Waals surface area contributed by atoms with Crippen LogP contribution in [0, 0.1) is 18.3 Å². The van der Waals surface area contributed by atoms with Crippen LogP contribution < -0.4 is 10.6 Å². The van der Waals surface area contributed by atoms with Crippen LogP contribution in [0.1, 0.15) is 32.2 Å². The average Bonchev–Trinajstić information content (AvgIpc) is 2.73. The predicted molar refractivity (Wildman–Crippen MR) is 113 cm³/mol. The van der Waals surface area contributed by atoms with Crippen molar-refractivity contribution < 1.29 is 14.3 Å². The van der Waals surface area contributed by atoms with Crippen molar-refractivity contribution in [2.45, 2.75) is 39.4 Å². The molecule has 0 radical (unpaired) electrons. The molecule has 2 aromatic rings. The molecule has 1 aliphatic rings. The molecule has 1 unspecified atom stereocenters. The summed E-state index contributed by atoms with van der Waals surface area (Å²) < 4.78 is 11.2. The lowest BCUT2D eigenvalue weighted by atomic mass is 10.2. The number of rotatable bonds is 5. The predicted octanol–water partition coefficient (Wildman–Crippen LogP) is 2.24. The molecule has 1 saturated heterocycles. The zero-order valence-electron chi connectivity index (χ0n) is 18.0. The maximum Gasteiger partial charge on any atom is 0.410 e. The molecule has 1 fully saturated rings. The van der Waals surface area contributed by atoms with Gasteiger partial charge in [-0.15, -0.1) is 5.10 Å². The molecule has 0 spiro atoms. The third kappa shape index (κ3) is 6.48. The number of carbonyl (C=O) groups is 1. The van der Waals surface area contributed by atoms with Gasteiger partial charge in [0, 0.05) is 19.2 Å². The highest BCUT2D eigenvalue weighted by molar-refractivity contribution is 5.68. The van der Waals surface area contributed by atoms with Gasteiger partial charge >= 0.3 is 6.09 Å². The molecule has 1 aliphatic heterocycles. The number of hydrogen-bond acceptors (Lipinski definition) is 10. The number of aromatic nitrogens is 4. The van der Waals surface area contributed by atoms with Gasteiger partial charge in [-0.25, -0.2) is 14.8 Å². The van der Waals surface area contributed by atoms with Crippen molar-refractivity contribution in [1.82, 2.24) is 25.1 Å². The molecule has 3 rings (SSSR count). The molecule has 0 aromatic carbocycles. The largest absolute Gasteiger partial charge is 0.444 e. The Balaban J connectivity index is 1.58. The third-order valence-electron chi connectivity index (χ3n) is 4.31. The maximum absolute atomic E-state index is 12.3. The molecule has 0 bridgehead atoms. The molecule has 2 aromatic heterocycles. The number of morpholine rings is 1. The summed E-state index contributed by atoms with van der Waals surface area (Å²) in [6, 6.07) is 3.72. The van der Waals surface area contributed by atoms with Crippen LogP contribution in [0.3, 0.4) is 0 Å². The second kappa shape index (κ2) is 9.53. The molecule has 0 aliphatic carbocycles. The standard InChI is InChI=1S/C20H26N8O3/c1-13-16(7-17(27-26-13)25-18-11-22-14(8-21)9-24-18)23-10-15-12-28(5-6-30-15)19(29)31-20(2,3)4/h7,9,11,15H,5-6,10,12H2,1-4H3,(H2,23,24,25,27). The van der Waals surface area contributed by atoms with E-state index in [0.29, 0.717) is 37.9 Å². The third-order valence-corrected chi connectivity index (χ3v) is 4.31.